The molecule has 0 fully saturated rings. The summed E-state index contributed by atoms with van der Waals surface area (Å²) in [6.45, 7) is 5.11. The van der Waals surface area contributed by atoms with Crippen LogP contribution in [0, 0.1) is 0 Å². The highest BCUT2D eigenvalue weighted by Crippen LogP contribution is 2.15. The van der Waals surface area contributed by atoms with Gasteiger partial charge in [-0.1, -0.05) is 0 Å². The number of hydrogen-bond acceptors (Lipinski definition) is 4. The summed E-state index contributed by atoms with van der Waals surface area (Å²) in [7, 11) is 0. The van der Waals surface area contributed by atoms with Gasteiger partial charge in [0.15, 0.2) is 0 Å². The molecule has 1 rings (SSSR count). The van der Waals surface area contributed by atoms with Gasteiger partial charge in [0.05, 0.1) is 16.4 Å². The first-order valence-corrected chi connectivity index (χ1v) is 6.38. The molecular formula is C11H16BrN3O4. The lowest BCUT2D eigenvalue weighted by atomic mass is 10.1. The molecule has 7 nitrogen and oxygen atoms in total. The summed E-state index contributed by atoms with van der Waals surface area (Å²) in [5.41, 5.74) is -0.0923. The Kier molecular flexibility index (Phi) is 4.93. The van der Waals surface area contributed by atoms with Crippen LogP contribution in [0.2, 0.25) is 0 Å². The highest BCUT2D eigenvalue weighted by Gasteiger charge is 2.25. The summed E-state index contributed by atoms with van der Waals surface area (Å²) < 4.78 is 5.67. The molecule has 0 aliphatic heterocycles. The quantitative estimate of drug-likeness (QED) is 0.777. The predicted molar refractivity (Wildman–Crippen MR) is 70.8 cm³/mol. The molecule has 106 valence electrons. The Morgan fingerprint density at radius 2 is 2.21 bits per heavy atom. The Morgan fingerprint density at radius 3 is 2.63 bits per heavy atom. The molecule has 8 heteroatoms. The molecular weight excluding hydrogens is 318 g/mol. The number of rotatable bonds is 4. The fourth-order valence-electron chi connectivity index (χ4n) is 1.30. The summed E-state index contributed by atoms with van der Waals surface area (Å²) in [6.07, 6.45) is 0.826. The normalized spacial score (nSPS) is 12.8. The van der Waals surface area contributed by atoms with Crippen molar-refractivity contribution in [3.8, 4) is 0 Å². The molecule has 1 atom stereocenters. The van der Waals surface area contributed by atoms with Gasteiger partial charge in [0.25, 0.3) is 0 Å². The molecule has 1 aromatic rings. The van der Waals surface area contributed by atoms with E-state index in [1.807, 2.05) is 0 Å². The Bertz CT molecular complexity index is 467. The number of nitrogens with zero attached hydrogens (tertiary/aromatic N) is 1. The lowest BCUT2D eigenvalue weighted by Gasteiger charge is -2.21. The molecule has 0 saturated carbocycles. The molecule has 0 bridgehead atoms. The van der Waals surface area contributed by atoms with Crippen molar-refractivity contribution < 1.29 is 19.4 Å². The van der Waals surface area contributed by atoms with Gasteiger partial charge in [0.2, 0.25) is 0 Å². The van der Waals surface area contributed by atoms with E-state index in [0.717, 1.165) is 0 Å². The number of H-pyrrole nitrogens is 1. The number of nitrogens with one attached hydrogen (secondary N) is 2. The van der Waals surface area contributed by atoms with E-state index in [1.165, 1.54) is 6.20 Å². The molecule has 1 heterocycles. The molecule has 3 N–H and O–H groups in total. The van der Waals surface area contributed by atoms with Crippen LogP contribution in [0.1, 0.15) is 26.5 Å². The number of hydrogen-bond donors (Lipinski definition) is 3. The predicted octanol–water partition coefficient (Wildman–Crippen LogP) is 1.69. The highest BCUT2D eigenvalue weighted by atomic mass is 79.9. The van der Waals surface area contributed by atoms with E-state index in [9.17, 15) is 9.59 Å². The standard InChI is InChI=1S/C11H16BrN3O4/c1-11(2,3)19-10(18)14-8(9(16)17)4-7-6(12)5-13-15-7/h5,8H,4H2,1-3H3,(H,13,15)(H,14,18)(H,16,17). The van der Waals surface area contributed by atoms with Gasteiger partial charge in [-0.2, -0.15) is 5.10 Å². The van der Waals surface area contributed by atoms with Gasteiger partial charge in [0.1, 0.15) is 11.6 Å². The molecule has 0 spiro atoms. The van der Waals surface area contributed by atoms with Gasteiger partial charge in [-0.05, 0) is 36.7 Å². The topological polar surface area (TPSA) is 104 Å². The third-order valence-corrected chi connectivity index (χ3v) is 2.75. The van der Waals surface area contributed by atoms with Crippen LogP contribution in [0.3, 0.4) is 0 Å². The first-order valence-electron chi connectivity index (χ1n) is 5.59. The first kappa shape index (κ1) is 15.5. The maximum Gasteiger partial charge on any atom is 0.408 e. The van der Waals surface area contributed by atoms with Crippen LogP contribution in [0.4, 0.5) is 4.79 Å². The molecule has 0 aliphatic rings. The fraction of sp³-hybridized carbons (Fsp3) is 0.545. The Morgan fingerprint density at radius 1 is 1.58 bits per heavy atom. The number of carbonyl (C=O) groups is 2. The molecule has 0 aliphatic carbocycles. The average molecular weight is 334 g/mol. The van der Waals surface area contributed by atoms with Gasteiger partial charge in [-0.15, -0.1) is 0 Å². The average Bonchev–Trinajstić information content (AvgIpc) is 2.60. The highest BCUT2D eigenvalue weighted by molar-refractivity contribution is 9.10. The van der Waals surface area contributed by atoms with Crippen molar-refractivity contribution in [1.82, 2.24) is 15.5 Å². The third-order valence-electron chi connectivity index (χ3n) is 2.06. The van der Waals surface area contributed by atoms with E-state index in [1.54, 1.807) is 20.8 Å². The maximum absolute atomic E-state index is 11.6. The van der Waals surface area contributed by atoms with Crippen LogP contribution >= 0.6 is 15.9 Å². The lowest BCUT2D eigenvalue weighted by molar-refractivity contribution is -0.139. The van der Waals surface area contributed by atoms with Crippen molar-refractivity contribution in [2.45, 2.75) is 38.8 Å². The van der Waals surface area contributed by atoms with Crippen LogP contribution in [-0.2, 0) is 16.0 Å². The number of aromatic nitrogens is 2. The second kappa shape index (κ2) is 6.05. The minimum atomic E-state index is -1.15. The minimum Gasteiger partial charge on any atom is -0.480 e. The second-order valence-electron chi connectivity index (χ2n) is 4.94. The number of carboxylic acids is 1. The second-order valence-corrected chi connectivity index (χ2v) is 5.79. The lowest BCUT2D eigenvalue weighted by Crippen LogP contribution is -2.44. The number of halogens is 1. The van der Waals surface area contributed by atoms with Crippen molar-refractivity contribution in [2.24, 2.45) is 0 Å². The molecule has 1 amide bonds. The van der Waals surface area contributed by atoms with Crippen LogP contribution in [-0.4, -0.2) is 39.0 Å². The fourth-order valence-corrected chi connectivity index (χ4v) is 1.65. The molecule has 0 aromatic carbocycles. The van der Waals surface area contributed by atoms with Crippen molar-refractivity contribution in [2.75, 3.05) is 0 Å². The number of carboxylic acid groups (broad SMARTS) is 1. The number of carbonyl (C=O) groups excluding carboxylic acids is 1. The summed E-state index contributed by atoms with van der Waals surface area (Å²) >= 11 is 3.23. The van der Waals surface area contributed by atoms with E-state index in [-0.39, 0.29) is 6.42 Å². The zero-order chi connectivity index (χ0) is 14.6. The Hall–Kier alpha value is -1.57. The first-order chi connectivity index (χ1) is 8.69. The molecule has 19 heavy (non-hydrogen) atoms. The number of aromatic amines is 1. The molecule has 0 radical (unpaired) electrons. The van der Waals surface area contributed by atoms with E-state index in [2.05, 4.69) is 31.4 Å². The summed E-state index contributed by atoms with van der Waals surface area (Å²) in [5, 5.41) is 17.8. The van der Waals surface area contributed by atoms with E-state index >= 15 is 0 Å². The Labute approximate surface area is 118 Å². The van der Waals surface area contributed by atoms with Crippen LogP contribution < -0.4 is 5.32 Å². The van der Waals surface area contributed by atoms with Crippen LogP contribution in [0.5, 0.6) is 0 Å². The summed E-state index contributed by atoms with van der Waals surface area (Å²) in [4.78, 5) is 22.7. The van der Waals surface area contributed by atoms with Crippen LogP contribution in [0.15, 0.2) is 10.7 Å². The SMILES string of the molecule is CC(C)(C)OC(=O)NC(Cc1[nH]ncc1Br)C(=O)O. The van der Waals surface area contributed by atoms with E-state index < -0.39 is 23.7 Å². The zero-order valence-electron chi connectivity index (χ0n) is 10.9. The van der Waals surface area contributed by atoms with Gasteiger partial charge >= 0.3 is 12.1 Å². The largest absolute Gasteiger partial charge is 0.480 e. The zero-order valence-corrected chi connectivity index (χ0v) is 12.4. The third kappa shape index (κ3) is 5.29. The number of ether oxygens (including phenoxy) is 1. The van der Waals surface area contributed by atoms with Gasteiger partial charge in [-0.3, -0.25) is 5.10 Å². The van der Waals surface area contributed by atoms with Gasteiger partial charge < -0.3 is 15.2 Å². The van der Waals surface area contributed by atoms with E-state index in [0.29, 0.717) is 10.2 Å². The van der Waals surface area contributed by atoms with Gasteiger partial charge in [-0.25, -0.2) is 9.59 Å². The molecule has 1 unspecified atom stereocenters. The number of amides is 1. The van der Waals surface area contributed by atoms with Crippen LogP contribution in [0.25, 0.3) is 0 Å². The monoisotopic (exact) mass is 333 g/mol. The van der Waals surface area contributed by atoms with Crippen molar-refractivity contribution in [3.05, 3.63) is 16.4 Å². The van der Waals surface area contributed by atoms with Crippen molar-refractivity contribution >= 4 is 28.0 Å². The van der Waals surface area contributed by atoms with Gasteiger partial charge in [0, 0.05) is 6.42 Å². The molecule has 1 aromatic heterocycles. The summed E-state index contributed by atoms with van der Waals surface area (Å²) in [6, 6.07) is -1.09. The molecule has 0 saturated heterocycles. The van der Waals surface area contributed by atoms with E-state index in [4.69, 9.17) is 9.84 Å². The van der Waals surface area contributed by atoms with Crippen molar-refractivity contribution in [1.29, 1.82) is 0 Å². The maximum atomic E-state index is 11.6. The smallest absolute Gasteiger partial charge is 0.408 e. The summed E-state index contributed by atoms with van der Waals surface area (Å²) in [5.74, 6) is -1.15. The van der Waals surface area contributed by atoms with Crippen molar-refractivity contribution in [3.63, 3.8) is 0 Å². The Balaban J connectivity index is 2.67. The number of aliphatic carboxylic acids is 1. The minimum absolute atomic E-state index is 0.0785. The number of alkyl carbamates (subject to hydrolysis) is 1.